The maximum atomic E-state index is 11.8. The smallest absolute Gasteiger partial charge is 0.338 e. The summed E-state index contributed by atoms with van der Waals surface area (Å²) in [4.78, 5) is 23.6. The molecule has 0 spiro atoms. The molecule has 2 N–H and O–H groups in total. The Morgan fingerprint density at radius 3 is 1.37 bits per heavy atom. The third kappa shape index (κ3) is 6.63. The van der Waals surface area contributed by atoms with Crippen molar-refractivity contribution in [2.75, 3.05) is 14.2 Å². The highest BCUT2D eigenvalue weighted by atomic mass is 35.5. The van der Waals surface area contributed by atoms with Gasteiger partial charge in [-0.2, -0.15) is 10.2 Å². The topological polar surface area (TPSA) is 147 Å². The van der Waals surface area contributed by atoms with Crippen molar-refractivity contribution in [2.45, 2.75) is 0 Å². The molecule has 0 aliphatic heterocycles. The molecule has 0 radical (unpaired) electrons. The van der Waals surface area contributed by atoms with E-state index in [0.717, 1.165) is 10.8 Å². The molecular weight excluding hydrogens is 639 g/mol. The first-order chi connectivity index (χ1) is 22.0. The van der Waals surface area contributed by atoms with Crippen LogP contribution in [0, 0.1) is 0 Å². The summed E-state index contributed by atoms with van der Waals surface area (Å²) in [6.45, 7) is 0. The number of phenols is 2. The number of aryl methyl sites for hydroxylation is 2. The molecule has 0 aliphatic carbocycles. The minimum Gasteiger partial charge on any atom is -0.508 e. The third-order valence-corrected chi connectivity index (χ3v) is 7.30. The van der Waals surface area contributed by atoms with Gasteiger partial charge in [0.25, 0.3) is 0 Å². The monoisotopic (exact) mass is 664 g/mol. The van der Waals surface area contributed by atoms with Crippen molar-refractivity contribution in [3.05, 3.63) is 94.2 Å². The third-order valence-electron chi connectivity index (χ3n) is 6.71. The molecule has 2 heterocycles. The number of nitrogens with zero attached hydrogens (tertiary/aromatic N) is 4. The molecular formula is C32H26Cl2N4O8. The number of fused-ring (bicyclic) bond motifs is 2. The lowest BCUT2D eigenvalue weighted by Gasteiger charge is -2.11. The summed E-state index contributed by atoms with van der Waals surface area (Å²) >= 11 is 12.1. The van der Waals surface area contributed by atoms with Gasteiger partial charge >= 0.3 is 11.9 Å². The first-order valence-electron chi connectivity index (χ1n) is 13.4. The van der Waals surface area contributed by atoms with Gasteiger partial charge < -0.3 is 29.2 Å². The SMILES string of the molecule is COC(=O)c1cc(Oc2ccc(O)cc2Cl)c2c(cnn2C)c1.COC(=O)c1cc(Oc2ccc(O)cc2Cl)c2c(cnn2C)c1. The molecule has 0 bridgehead atoms. The Morgan fingerprint density at radius 1 is 0.630 bits per heavy atom. The number of halogens is 2. The zero-order chi connectivity index (χ0) is 33.1. The molecule has 6 aromatic rings. The van der Waals surface area contributed by atoms with E-state index in [0.29, 0.717) is 45.2 Å². The van der Waals surface area contributed by atoms with Crippen LogP contribution in [-0.2, 0) is 23.6 Å². The Hall–Kier alpha value is -5.46. The fraction of sp³-hybridized carbons (Fsp3) is 0.125. The molecule has 4 aromatic carbocycles. The van der Waals surface area contributed by atoms with Gasteiger partial charge in [-0.3, -0.25) is 9.36 Å². The summed E-state index contributed by atoms with van der Waals surface area (Å²) in [5.41, 5.74) is 2.11. The van der Waals surface area contributed by atoms with Crippen LogP contribution in [-0.4, -0.2) is 55.9 Å². The van der Waals surface area contributed by atoms with Crippen LogP contribution < -0.4 is 9.47 Å². The molecule has 0 saturated carbocycles. The molecule has 0 atom stereocenters. The second-order valence-corrected chi connectivity index (χ2v) is 10.6. The zero-order valence-corrected chi connectivity index (χ0v) is 26.3. The van der Waals surface area contributed by atoms with Crippen LogP contribution in [0.5, 0.6) is 34.5 Å². The largest absolute Gasteiger partial charge is 0.508 e. The number of hydrogen-bond acceptors (Lipinski definition) is 10. The normalized spacial score (nSPS) is 10.7. The predicted octanol–water partition coefficient (Wildman–Crippen LogP) is 7.02. The Morgan fingerprint density at radius 2 is 1.02 bits per heavy atom. The summed E-state index contributed by atoms with van der Waals surface area (Å²) in [7, 11) is 6.16. The van der Waals surface area contributed by atoms with E-state index in [-0.39, 0.29) is 21.5 Å². The van der Waals surface area contributed by atoms with Crippen LogP contribution in [0.1, 0.15) is 20.7 Å². The maximum Gasteiger partial charge on any atom is 0.338 e. The fourth-order valence-electron chi connectivity index (χ4n) is 4.57. The number of aromatic hydroxyl groups is 2. The summed E-state index contributed by atoms with van der Waals surface area (Å²) in [5.74, 6) is 0.663. The number of carbonyl (C=O) groups is 2. The average molecular weight is 665 g/mol. The highest BCUT2D eigenvalue weighted by molar-refractivity contribution is 6.32. The predicted molar refractivity (Wildman–Crippen MR) is 170 cm³/mol. The number of hydrogen-bond donors (Lipinski definition) is 2. The van der Waals surface area contributed by atoms with Gasteiger partial charge in [0.2, 0.25) is 0 Å². The van der Waals surface area contributed by atoms with Crippen LogP contribution in [0.25, 0.3) is 21.8 Å². The van der Waals surface area contributed by atoms with Gasteiger partial charge in [-0.05, 0) is 48.5 Å². The molecule has 46 heavy (non-hydrogen) atoms. The van der Waals surface area contributed by atoms with Gasteiger partial charge in [-0.15, -0.1) is 0 Å². The number of rotatable bonds is 6. The van der Waals surface area contributed by atoms with Gasteiger partial charge in [-0.1, -0.05) is 23.2 Å². The van der Waals surface area contributed by atoms with E-state index in [4.69, 9.17) is 42.1 Å². The molecule has 0 saturated heterocycles. The zero-order valence-electron chi connectivity index (χ0n) is 24.8. The number of benzene rings is 4. The van der Waals surface area contributed by atoms with E-state index in [2.05, 4.69) is 10.2 Å². The van der Waals surface area contributed by atoms with Crippen molar-refractivity contribution in [2.24, 2.45) is 14.1 Å². The number of phenolic OH excluding ortho intramolecular Hbond substituents is 2. The lowest BCUT2D eigenvalue weighted by atomic mass is 10.1. The van der Waals surface area contributed by atoms with Crippen LogP contribution >= 0.6 is 23.2 Å². The number of carbonyl (C=O) groups excluding carboxylic acids is 2. The van der Waals surface area contributed by atoms with E-state index < -0.39 is 11.9 Å². The van der Waals surface area contributed by atoms with E-state index in [1.807, 2.05) is 0 Å². The van der Waals surface area contributed by atoms with Gasteiger partial charge in [0.15, 0.2) is 11.5 Å². The molecule has 0 unspecified atom stereocenters. The van der Waals surface area contributed by atoms with Crippen LogP contribution in [0.3, 0.4) is 0 Å². The molecule has 0 aliphatic rings. The van der Waals surface area contributed by atoms with Crippen LogP contribution in [0.4, 0.5) is 0 Å². The lowest BCUT2D eigenvalue weighted by molar-refractivity contribution is 0.0592. The minimum atomic E-state index is -0.475. The lowest BCUT2D eigenvalue weighted by Crippen LogP contribution is -2.02. The summed E-state index contributed by atoms with van der Waals surface area (Å²) in [5, 5.41) is 29.2. The van der Waals surface area contributed by atoms with Crippen LogP contribution in [0.15, 0.2) is 73.1 Å². The van der Waals surface area contributed by atoms with Crippen molar-refractivity contribution < 1.29 is 38.7 Å². The van der Waals surface area contributed by atoms with Gasteiger partial charge in [0.05, 0.1) is 47.8 Å². The molecule has 2 aromatic heterocycles. The minimum absolute atomic E-state index is 0.0383. The molecule has 6 rings (SSSR count). The van der Waals surface area contributed by atoms with Crippen molar-refractivity contribution in [3.63, 3.8) is 0 Å². The Labute approximate surface area is 271 Å². The van der Waals surface area contributed by atoms with Crippen molar-refractivity contribution in [1.29, 1.82) is 0 Å². The van der Waals surface area contributed by atoms with Gasteiger partial charge in [0.1, 0.15) is 34.0 Å². The number of methoxy groups -OCH3 is 2. The highest BCUT2D eigenvalue weighted by Gasteiger charge is 2.18. The van der Waals surface area contributed by atoms with Crippen molar-refractivity contribution in [3.8, 4) is 34.5 Å². The van der Waals surface area contributed by atoms with Gasteiger partial charge in [-0.25, -0.2) is 9.59 Å². The van der Waals surface area contributed by atoms with E-state index in [1.54, 1.807) is 72.3 Å². The summed E-state index contributed by atoms with van der Waals surface area (Å²) in [6, 6.07) is 15.3. The van der Waals surface area contributed by atoms with E-state index >= 15 is 0 Å². The van der Waals surface area contributed by atoms with E-state index in [1.165, 1.54) is 38.5 Å². The van der Waals surface area contributed by atoms with Crippen LogP contribution in [0.2, 0.25) is 10.0 Å². The fourth-order valence-corrected chi connectivity index (χ4v) is 5.00. The summed E-state index contributed by atoms with van der Waals surface area (Å²) < 4.78 is 24.5. The first-order valence-corrected chi connectivity index (χ1v) is 14.2. The van der Waals surface area contributed by atoms with Gasteiger partial charge in [0, 0.05) is 37.0 Å². The van der Waals surface area contributed by atoms with E-state index in [9.17, 15) is 19.8 Å². The summed E-state index contributed by atoms with van der Waals surface area (Å²) in [6.07, 6.45) is 3.26. The average Bonchev–Trinajstić information content (AvgIpc) is 3.61. The van der Waals surface area contributed by atoms with Crippen molar-refractivity contribution >= 4 is 56.9 Å². The Kier molecular flexibility index (Phi) is 9.21. The number of esters is 2. The Balaban J connectivity index is 0.000000181. The molecule has 0 amide bonds. The molecule has 12 nitrogen and oxygen atoms in total. The molecule has 14 heteroatoms. The maximum absolute atomic E-state index is 11.8. The quantitative estimate of drug-likeness (QED) is 0.178. The highest BCUT2D eigenvalue weighted by Crippen LogP contribution is 2.37. The second kappa shape index (κ2) is 13.3. The Bertz CT molecular complexity index is 1960. The standard InChI is InChI=1S/2C16H13ClN2O4/c2*1-19-15-10(8-18-19)5-9(16(21)22-2)6-14(15)23-13-4-3-11(20)7-12(13)17/h2*3-8,20H,1-2H3. The first kappa shape index (κ1) is 31.9. The number of ether oxygens (including phenoxy) is 4. The number of aromatic nitrogens is 4. The second-order valence-electron chi connectivity index (χ2n) is 9.78. The molecule has 236 valence electrons. The van der Waals surface area contributed by atoms with Crippen molar-refractivity contribution in [1.82, 2.24) is 19.6 Å². The molecule has 0 fully saturated rings.